The van der Waals surface area contributed by atoms with Crippen molar-refractivity contribution in [3.8, 4) is 5.75 Å². The fraction of sp³-hybridized carbons (Fsp3) is 0.0714. The molecule has 2 amide bonds. The minimum Gasteiger partial charge on any atom is -0.484 e. The second kappa shape index (κ2) is 13.4. The van der Waals surface area contributed by atoms with E-state index in [4.69, 9.17) is 16.3 Å². The largest absolute Gasteiger partial charge is 0.484 e. The molecule has 4 aromatic rings. The fourth-order valence-corrected chi connectivity index (χ4v) is 5.06. The summed E-state index contributed by atoms with van der Waals surface area (Å²) in [7, 11) is -4.03. The number of hydrogen-bond acceptors (Lipinski definition) is 7. The van der Waals surface area contributed by atoms with E-state index < -0.39 is 22.5 Å². The van der Waals surface area contributed by atoms with Crippen LogP contribution in [0.1, 0.15) is 5.56 Å². The molecular formula is C28H24ClN5O5S. The third-order valence-electron chi connectivity index (χ3n) is 5.31. The van der Waals surface area contributed by atoms with Crippen LogP contribution in [0.4, 0.5) is 11.4 Å². The molecule has 4 rings (SSSR count). The molecular weight excluding hydrogens is 554 g/mol. The summed E-state index contributed by atoms with van der Waals surface area (Å²) >= 11 is 5.91. The van der Waals surface area contributed by atoms with E-state index in [2.05, 4.69) is 20.8 Å². The van der Waals surface area contributed by atoms with Crippen molar-refractivity contribution in [2.24, 2.45) is 5.10 Å². The Balaban J connectivity index is 1.32. The van der Waals surface area contributed by atoms with Crippen molar-refractivity contribution in [3.63, 3.8) is 0 Å². The second-order valence-electron chi connectivity index (χ2n) is 8.25. The van der Waals surface area contributed by atoms with Gasteiger partial charge >= 0.3 is 0 Å². The molecule has 0 radical (unpaired) electrons. The maximum atomic E-state index is 13.2. The molecule has 0 atom stereocenters. The summed E-state index contributed by atoms with van der Waals surface area (Å²) in [6.07, 6.45) is 4.27. The maximum Gasteiger partial charge on any atom is 0.264 e. The molecule has 1 aromatic heterocycles. The van der Waals surface area contributed by atoms with Gasteiger partial charge in [0.2, 0.25) is 0 Å². The average molecular weight is 578 g/mol. The van der Waals surface area contributed by atoms with Crippen LogP contribution >= 0.6 is 11.6 Å². The topological polar surface area (TPSA) is 130 Å². The molecule has 12 heteroatoms. The molecule has 1 heterocycles. The molecule has 0 aliphatic heterocycles. The van der Waals surface area contributed by atoms with Gasteiger partial charge in [0.05, 0.1) is 23.0 Å². The number of nitrogens with zero attached hydrogens (tertiary/aromatic N) is 3. The summed E-state index contributed by atoms with van der Waals surface area (Å²) < 4.78 is 32.9. The summed E-state index contributed by atoms with van der Waals surface area (Å²) in [4.78, 5) is 28.7. The summed E-state index contributed by atoms with van der Waals surface area (Å²) in [5.41, 5.74) is 3.79. The molecule has 10 nitrogen and oxygen atoms in total. The fourth-order valence-electron chi connectivity index (χ4n) is 3.44. The van der Waals surface area contributed by atoms with Crippen molar-refractivity contribution in [2.45, 2.75) is 4.90 Å². The predicted molar refractivity (Wildman–Crippen MR) is 153 cm³/mol. The maximum absolute atomic E-state index is 13.2. The molecule has 0 saturated carbocycles. The van der Waals surface area contributed by atoms with Crippen LogP contribution in [0, 0.1) is 0 Å². The standard InChI is InChI=1S/C28H24ClN5O5S/c29-22-6-4-7-23(16-22)32-28(36)20-39-25-13-11-21(12-14-25)17-31-33-27(35)19-34(24-8-5-15-30-18-24)40(37,38)26-9-2-1-3-10-26/h1-18H,19-20H2,(H,32,36)(H,33,35)/b31-17-. The van der Waals surface area contributed by atoms with E-state index in [1.165, 1.54) is 30.7 Å². The zero-order valence-corrected chi connectivity index (χ0v) is 22.5. The Bertz CT molecular complexity index is 1580. The van der Waals surface area contributed by atoms with Gasteiger partial charge in [-0.05, 0) is 72.3 Å². The lowest BCUT2D eigenvalue weighted by atomic mass is 10.2. The minimum absolute atomic E-state index is 0.0411. The van der Waals surface area contributed by atoms with E-state index in [9.17, 15) is 18.0 Å². The number of amides is 2. The Morgan fingerprint density at radius 2 is 1.73 bits per heavy atom. The highest BCUT2D eigenvalue weighted by Gasteiger charge is 2.27. The summed E-state index contributed by atoms with van der Waals surface area (Å²) in [5.74, 6) is -0.531. The van der Waals surface area contributed by atoms with Crippen molar-refractivity contribution in [1.29, 1.82) is 0 Å². The zero-order chi connectivity index (χ0) is 28.4. The van der Waals surface area contributed by atoms with E-state index in [0.29, 0.717) is 22.0 Å². The minimum atomic E-state index is -4.03. The Kier molecular flexibility index (Phi) is 9.44. The number of nitrogens with one attached hydrogen (secondary N) is 2. The van der Waals surface area contributed by atoms with Gasteiger partial charge in [-0.2, -0.15) is 5.10 Å². The Hall–Kier alpha value is -4.74. The van der Waals surface area contributed by atoms with E-state index in [1.54, 1.807) is 78.9 Å². The highest BCUT2D eigenvalue weighted by molar-refractivity contribution is 7.92. The van der Waals surface area contributed by atoms with Crippen molar-refractivity contribution in [1.82, 2.24) is 10.4 Å². The van der Waals surface area contributed by atoms with Crippen LogP contribution < -0.4 is 19.8 Å². The number of ether oxygens (including phenoxy) is 1. The molecule has 0 aliphatic carbocycles. The molecule has 0 saturated heterocycles. The van der Waals surface area contributed by atoms with Crippen LogP contribution in [0.25, 0.3) is 0 Å². The Labute approximate surface area is 236 Å². The SMILES string of the molecule is O=C(CN(c1cccnc1)S(=O)(=O)c1ccccc1)N/N=C\c1ccc(OCC(=O)Nc2cccc(Cl)c2)cc1. The highest BCUT2D eigenvalue weighted by atomic mass is 35.5. The normalized spacial score (nSPS) is 11.1. The molecule has 204 valence electrons. The molecule has 0 fully saturated rings. The number of hydrogen-bond donors (Lipinski definition) is 2. The molecule has 0 bridgehead atoms. The number of benzene rings is 3. The van der Waals surface area contributed by atoms with Crippen LogP contribution in [0.15, 0.2) is 113 Å². The first-order valence-corrected chi connectivity index (χ1v) is 13.7. The number of sulfonamides is 1. The summed E-state index contributed by atoms with van der Waals surface area (Å²) in [5, 5.41) is 7.12. The second-order valence-corrected chi connectivity index (χ2v) is 10.5. The monoisotopic (exact) mass is 577 g/mol. The average Bonchev–Trinajstić information content (AvgIpc) is 2.96. The molecule has 0 aliphatic rings. The number of pyridine rings is 1. The smallest absolute Gasteiger partial charge is 0.264 e. The van der Waals surface area contributed by atoms with Gasteiger partial charge in [-0.25, -0.2) is 13.8 Å². The number of anilines is 2. The van der Waals surface area contributed by atoms with E-state index in [-0.39, 0.29) is 23.1 Å². The number of hydrazone groups is 1. The Morgan fingerprint density at radius 3 is 2.42 bits per heavy atom. The van der Waals surface area contributed by atoms with Crippen LogP contribution in [0.5, 0.6) is 5.75 Å². The van der Waals surface area contributed by atoms with Gasteiger partial charge in [0.1, 0.15) is 12.3 Å². The van der Waals surface area contributed by atoms with Gasteiger partial charge in [0, 0.05) is 16.9 Å². The van der Waals surface area contributed by atoms with Crippen molar-refractivity contribution >= 4 is 51.0 Å². The predicted octanol–water partition coefficient (Wildman–Crippen LogP) is 4.10. The van der Waals surface area contributed by atoms with Gasteiger partial charge in [-0.15, -0.1) is 0 Å². The van der Waals surface area contributed by atoms with E-state index >= 15 is 0 Å². The quantitative estimate of drug-likeness (QED) is 0.204. The number of rotatable bonds is 11. The lowest BCUT2D eigenvalue weighted by molar-refractivity contribution is -0.119. The van der Waals surface area contributed by atoms with E-state index in [0.717, 1.165) is 4.31 Å². The number of halogens is 1. The first-order chi connectivity index (χ1) is 19.3. The molecule has 0 spiro atoms. The summed E-state index contributed by atoms with van der Waals surface area (Å²) in [6, 6.07) is 24.4. The van der Waals surface area contributed by atoms with Crippen molar-refractivity contribution in [2.75, 3.05) is 22.8 Å². The Morgan fingerprint density at radius 1 is 0.950 bits per heavy atom. The van der Waals surface area contributed by atoms with Crippen LogP contribution in [-0.2, 0) is 19.6 Å². The number of aromatic nitrogens is 1. The third-order valence-corrected chi connectivity index (χ3v) is 7.34. The molecule has 3 aromatic carbocycles. The first kappa shape index (κ1) is 28.3. The zero-order valence-electron chi connectivity index (χ0n) is 21.0. The van der Waals surface area contributed by atoms with Gasteiger partial charge in [0.25, 0.3) is 21.8 Å². The lowest BCUT2D eigenvalue weighted by Crippen LogP contribution is -2.39. The number of carbonyl (C=O) groups excluding carboxylic acids is 2. The number of carbonyl (C=O) groups is 2. The van der Waals surface area contributed by atoms with E-state index in [1.807, 2.05) is 0 Å². The van der Waals surface area contributed by atoms with Crippen molar-refractivity contribution < 1.29 is 22.7 Å². The van der Waals surface area contributed by atoms with Gasteiger partial charge in [-0.1, -0.05) is 35.9 Å². The molecule has 2 N–H and O–H groups in total. The van der Waals surface area contributed by atoms with Crippen molar-refractivity contribution in [3.05, 3.63) is 114 Å². The van der Waals surface area contributed by atoms with Crippen LogP contribution in [0.2, 0.25) is 5.02 Å². The molecule has 40 heavy (non-hydrogen) atoms. The van der Waals surface area contributed by atoms with Crippen LogP contribution in [-0.4, -0.2) is 44.6 Å². The first-order valence-electron chi connectivity index (χ1n) is 11.9. The molecule has 0 unspecified atom stereocenters. The van der Waals surface area contributed by atoms with Crippen LogP contribution in [0.3, 0.4) is 0 Å². The van der Waals surface area contributed by atoms with Gasteiger partial charge < -0.3 is 10.1 Å². The van der Waals surface area contributed by atoms with Gasteiger partial charge in [0.15, 0.2) is 6.61 Å². The highest BCUT2D eigenvalue weighted by Crippen LogP contribution is 2.22. The van der Waals surface area contributed by atoms with Gasteiger partial charge in [-0.3, -0.25) is 18.9 Å². The third kappa shape index (κ3) is 7.88. The summed E-state index contributed by atoms with van der Waals surface area (Å²) in [6.45, 7) is -0.709. The lowest BCUT2D eigenvalue weighted by Gasteiger charge is -2.23.